The summed E-state index contributed by atoms with van der Waals surface area (Å²) in [7, 11) is -8.43. The lowest BCUT2D eigenvalue weighted by molar-refractivity contribution is -0.677. The minimum atomic E-state index is -4.37. The van der Waals surface area contributed by atoms with Crippen molar-refractivity contribution in [3.05, 3.63) is 69.3 Å². The molecule has 2 heterocycles. The van der Waals surface area contributed by atoms with E-state index >= 15 is 0 Å². The van der Waals surface area contributed by atoms with Crippen LogP contribution in [-0.4, -0.2) is 50.5 Å². The lowest BCUT2D eigenvalue weighted by Crippen LogP contribution is -2.36. The van der Waals surface area contributed by atoms with E-state index in [1.165, 1.54) is 0 Å². The number of aryl methyl sites for hydroxylation is 1. The summed E-state index contributed by atoms with van der Waals surface area (Å²) in [5.41, 5.74) is 2.84. The Morgan fingerprint density at radius 3 is 2.29 bits per heavy atom. The molecular weight excluding hydrogens is 637 g/mol. The van der Waals surface area contributed by atoms with Gasteiger partial charge in [0.05, 0.1) is 43.4 Å². The van der Waals surface area contributed by atoms with Crippen molar-refractivity contribution >= 4 is 83.6 Å². The largest absolute Gasteiger partial charge is 0.748 e. The molecule has 4 rings (SSSR count). The molecular formula is C26H28Cl3N3O7S2. The standard InChI is InChI=1S/C26H28Cl3N3O7S2/c1-2-30-21-16-19(28)20(29)17-22(21)31(11-3-4-13-40(33,34)35)25(30)7-5-8-26-32(12-6-14-41(36,37)38)23-15-18(27)9-10-24(23)39-26/h5,7-10,15-17H,2-4,6,11-14H2,1H3,(H-,33,34,35,36,37,38). The maximum Gasteiger partial charge on any atom is 0.374 e. The third-order valence-electron chi connectivity index (χ3n) is 6.45. The molecule has 0 radical (unpaired) electrons. The normalized spacial score (nSPS) is 15.1. The molecule has 222 valence electrons. The van der Waals surface area contributed by atoms with Crippen molar-refractivity contribution in [1.29, 1.82) is 0 Å². The summed E-state index contributed by atoms with van der Waals surface area (Å²) >= 11 is 18.8. The van der Waals surface area contributed by atoms with Crippen LogP contribution in [0.4, 0.5) is 11.4 Å². The average Bonchev–Trinajstić information content (AvgIpc) is 3.35. The van der Waals surface area contributed by atoms with Gasteiger partial charge < -0.3 is 18.8 Å². The van der Waals surface area contributed by atoms with Crippen LogP contribution in [0.2, 0.25) is 15.1 Å². The molecule has 2 aromatic carbocycles. The summed E-state index contributed by atoms with van der Waals surface area (Å²) in [4.78, 5) is 4.04. The topological polar surface area (TPSA) is 135 Å². The van der Waals surface area contributed by atoms with Crippen molar-refractivity contribution < 1.29 is 34.9 Å². The molecule has 1 aromatic heterocycles. The van der Waals surface area contributed by atoms with Gasteiger partial charge in [-0.05, 0) is 56.2 Å². The molecule has 0 atom stereocenters. The summed E-state index contributed by atoms with van der Waals surface area (Å²) in [5, 5.41) is 1.25. The number of fused-ring (bicyclic) bond motifs is 2. The van der Waals surface area contributed by atoms with Gasteiger partial charge in [-0.2, -0.15) is 13.0 Å². The van der Waals surface area contributed by atoms with E-state index in [-0.39, 0.29) is 25.1 Å². The van der Waals surface area contributed by atoms with E-state index in [1.807, 2.05) is 22.8 Å². The number of allylic oxidation sites excluding steroid dienone is 2. The highest BCUT2D eigenvalue weighted by Crippen LogP contribution is 2.45. The van der Waals surface area contributed by atoms with Gasteiger partial charge in [0.25, 0.3) is 15.6 Å². The van der Waals surface area contributed by atoms with Gasteiger partial charge in [-0.3, -0.25) is 4.55 Å². The number of unbranched alkanes of at least 4 members (excludes halogenated alkanes) is 1. The average molecular weight is 665 g/mol. The zero-order chi connectivity index (χ0) is 29.9. The van der Waals surface area contributed by atoms with Gasteiger partial charge >= 0.3 is 5.89 Å². The number of halogens is 3. The van der Waals surface area contributed by atoms with Crippen LogP contribution in [0.15, 0.2) is 52.7 Å². The first-order chi connectivity index (χ1) is 19.3. The molecule has 1 aliphatic heterocycles. The van der Waals surface area contributed by atoms with Gasteiger partial charge in [-0.1, -0.05) is 34.8 Å². The van der Waals surface area contributed by atoms with Crippen LogP contribution in [0.25, 0.3) is 17.2 Å². The second-order valence-corrected chi connectivity index (χ2v) is 13.7. The van der Waals surface area contributed by atoms with Crippen LogP contribution < -0.4 is 14.4 Å². The minimum absolute atomic E-state index is 0.0946. The third-order valence-corrected chi connectivity index (χ3v) is 9.01. The number of anilines is 2. The van der Waals surface area contributed by atoms with Crippen molar-refractivity contribution in [3.8, 4) is 0 Å². The summed E-state index contributed by atoms with van der Waals surface area (Å²) < 4.78 is 72.7. The highest BCUT2D eigenvalue weighted by Gasteiger charge is 2.31. The predicted molar refractivity (Wildman–Crippen MR) is 160 cm³/mol. The zero-order valence-electron chi connectivity index (χ0n) is 22.0. The monoisotopic (exact) mass is 663 g/mol. The Morgan fingerprint density at radius 1 is 0.976 bits per heavy atom. The van der Waals surface area contributed by atoms with Gasteiger partial charge in [-0.25, -0.2) is 8.42 Å². The minimum Gasteiger partial charge on any atom is -0.748 e. The highest BCUT2D eigenvalue weighted by molar-refractivity contribution is 7.85. The van der Waals surface area contributed by atoms with Gasteiger partial charge in [-0.15, -0.1) is 0 Å². The molecule has 15 heteroatoms. The lowest BCUT2D eigenvalue weighted by Gasteiger charge is -2.24. The Morgan fingerprint density at radius 2 is 1.66 bits per heavy atom. The van der Waals surface area contributed by atoms with Crippen LogP contribution >= 0.6 is 34.8 Å². The zero-order valence-corrected chi connectivity index (χ0v) is 25.9. The van der Waals surface area contributed by atoms with Crippen LogP contribution in [-0.2, 0) is 26.8 Å². The molecule has 0 amide bonds. The Kier molecular flexibility index (Phi) is 9.95. The van der Waals surface area contributed by atoms with Gasteiger partial charge in [0, 0.05) is 36.4 Å². The van der Waals surface area contributed by atoms with Crippen LogP contribution in [0.5, 0.6) is 0 Å². The van der Waals surface area contributed by atoms with E-state index in [1.54, 1.807) is 47.1 Å². The van der Waals surface area contributed by atoms with E-state index < -0.39 is 26.0 Å². The molecule has 0 spiro atoms. The van der Waals surface area contributed by atoms with Crippen molar-refractivity contribution in [2.75, 3.05) is 34.4 Å². The van der Waals surface area contributed by atoms with Crippen LogP contribution in [0.3, 0.4) is 0 Å². The fraction of sp³-hybridized carbons (Fsp3) is 0.346. The smallest absolute Gasteiger partial charge is 0.374 e. The first kappa shape index (κ1) is 31.6. The Balaban J connectivity index is 1.68. The number of rotatable bonds is 12. The maximum atomic E-state index is 11.2. The van der Waals surface area contributed by atoms with E-state index in [0.29, 0.717) is 51.6 Å². The van der Waals surface area contributed by atoms with E-state index in [9.17, 15) is 21.4 Å². The number of nitrogens with zero attached hydrogens (tertiary/aromatic N) is 3. The molecule has 0 bridgehead atoms. The molecule has 10 nitrogen and oxygen atoms in total. The van der Waals surface area contributed by atoms with Crippen molar-refractivity contribution in [3.63, 3.8) is 0 Å². The Hall–Kier alpha value is -2.32. The molecule has 3 aromatic rings. The highest BCUT2D eigenvalue weighted by atomic mass is 35.5. The lowest BCUT2D eigenvalue weighted by atomic mass is 10.2. The van der Waals surface area contributed by atoms with E-state index in [4.69, 9.17) is 43.8 Å². The van der Waals surface area contributed by atoms with Gasteiger partial charge in [0.15, 0.2) is 6.54 Å². The van der Waals surface area contributed by atoms with Crippen molar-refractivity contribution in [1.82, 2.24) is 0 Å². The van der Waals surface area contributed by atoms with Crippen LogP contribution in [0.1, 0.15) is 32.1 Å². The number of aromatic nitrogens is 1. The number of benzene rings is 2. The van der Waals surface area contributed by atoms with Gasteiger partial charge in [0.2, 0.25) is 5.58 Å². The molecule has 0 aliphatic carbocycles. The molecule has 0 saturated heterocycles. The summed E-state index contributed by atoms with van der Waals surface area (Å²) in [6, 6.07) is 8.63. The molecule has 0 unspecified atom stereocenters. The van der Waals surface area contributed by atoms with Crippen molar-refractivity contribution in [2.24, 2.45) is 0 Å². The summed E-state index contributed by atoms with van der Waals surface area (Å²) in [5.74, 6) is 0.357. The third kappa shape index (κ3) is 7.95. The molecule has 41 heavy (non-hydrogen) atoms. The number of hydrogen-bond donors (Lipinski definition) is 1. The fourth-order valence-electron chi connectivity index (χ4n) is 4.70. The quantitative estimate of drug-likeness (QED) is 0.152. The molecule has 1 aliphatic rings. The Bertz CT molecular complexity index is 1720. The first-order valence-electron chi connectivity index (χ1n) is 12.7. The summed E-state index contributed by atoms with van der Waals surface area (Å²) in [6.45, 7) is 3.24. The molecule has 1 N–H and O–H groups in total. The second kappa shape index (κ2) is 12.9. The maximum absolute atomic E-state index is 11.2. The molecule has 0 saturated carbocycles. The van der Waals surface area contributed by atoms with Gasteiger partial charge in [0.1, 0.15) is 5.82 Å². The SMILES string of the molecule is CCN1/C(=C\C=C\c2oc3ccc(Cl)cc3[n+]2CCCS(=O)(=O)[O-])N(CCCCS(=O)(=O)O)c2cc(Cl)c(Cl)cc21. The van der Waals surface area contributed by atoms with Crippen LogP contribution in [0, 0.1) is 0 Å². The Labute approximate surface area is 253 Å². The first-order valence-corrected chi connectivity index (χ1v) is 17.0. The fourth-order valence-corrected chi connectivity index (χ4v) is 6.23. The summed E-state index contributed by atoms with van der Waals surface area (Å²) in [6.07, 6.45) is 6.20. The van der Waals surface area contributed by atoms with Crippen molar-refractivity contribution in [2.45, 2.75) is 32.7 Å². The number of hydrogen-bond acceptors (Lipinski definition) is 8. The molecule has 0 fully saturated rings. The van der Waals surface area contributed by atoms with E-state index in [2.05, 4.69) is 0 Å². The second-order valence-electron chi connectivity index (χ2n) is 9.35. The predicted octanol–water partition coefficient (Wildman–Crippen LogP) is 5.48. The van der Waals surface area contributed by atoms with E-state index in [0.717, 1.165) is 17.2 Å². The number of oxazole rings is 1.